The molecule has 18 heavy (non-hydrogen) atoms. The molecule has 0 spiro atoms. The number of nitrogens with one attached hydrogen (secondary N) is 1. The molecule has 4 nitrogen and oxygen atoms in total. The molecular formula is C13H23N3OS. The van der Waals surface area contributed by atoms with Crippen LogP contribution in [0.15, 0.2) is 0 Å². The van der Waals surface area contributed by atoms with E-state index in [2.05, 4.69) is 17.1 Å². The van der Waals surface area contributed by atoms with Crippen molar-refractivity contribution in [2.45, 2.75) is 32.9 Å². The molecule has 102 valence electrons. The lowest BCUT2D eigenvalue weighted by molar-refractivity contribution is 0.181. The van der Waals surface area contributed by atoms with Crippen LogP contribution in [0.3, 0.4) is 0 Å². The van der Waals surface area contributed by atoms with Crippen LogP contribution in [-0.2, 0) is 17.9 Å². The minimum absolute atomic E-state index is 0.609. The first-order chi connectivity index (χ1) is 8.74. The lowest BCUT2D eigenvalue weighted by Crippen LogP contribution is -2.32. The van der Waals surface area contributed by atoms with Crippen molar-refractivity contribution in [1.82, 2.24) is 10.3 Å². The van der Waals surface area contributed by atoms with Gasteiger partial charge in [0.05, 0.1) is 12.3 Å². The largest absolute Gasteiger partial charge is 0.378 e. The number of thiazole rings is 1. The van der Waals surface area contributed by atoms with E-state index in [1.807, 2.05) is 7.05 Å². The molecular weight excluding hydrogens is 246 g/mol. The number of ether oxygens (including phenoxy) is 1. The Balaban J connectivity index is 2.10. The summed E-state index contributed by atoms with van der Waals surface area (Å²) >= 11 is 1.80. The van der Waals surface area contributed by atoms with E-state index in [0.29, 0.717) is 6.61 Å². The summed E-state index contributed by atoms with van der Waals surface area (Å²) < 4.78 is 5.23. The van der Waals surface area contributed by atoms with Gasteiger partial charge in [-0.3, -0.25) is 0 Å². The first-order valence-corrected chi connectivity index (χ1v) is 7.43. The molecule has 1 aromatic heterocycles. The van der Waals surface area contributed by atoms with Gasteiger partial charge in [0.15, 0.2) is 5.13 Å². The second-order valence-corrected chi connectivity index (χ2v) is 6.06. The maximum Gasteiger partial charge on any atom is 0.185 e. The van der Waals surface area contributed by atoms with Gasteiger partial charge < -0.3 is 15.0 Å². The molecule has 1 N–H and O–H groups in total. The quantitative estimate of drug-likeness (QED) is 0.889. The van der Waals surface area contributed by atoms with E-state index < -0.39 is 0 Å². The van der Waals surface area contributed by atoms with Gasteiger partial charge in [-0.1, -0.05) is 6.92 Å². The molecule has 2 rings (SSSR count). The Hall–Kier alpha value is -0.650. The van der Waals surface area contributed by atoms with E-state index in [9.17, 15) is 0 Å². The standard InChI is InChI=1S/C13H23N3OS/c1-10-4-6-16(7-5-10)13-15-11(9-17-3)12(18-13)8-14-2/h10,14H,4-9H2,1-3H3. The molecule has 1 aliphatic rings. The molecule has 0 aliphatic carbocycles. The topological polar surface area (TPSA) is 37.4 Å². The molecule has 0 bridgehead atoms. The number of piperidine rings is 1. The number of hydrogen-bond acceptors (Lipinski definition) is 5. The Morgan fingerprint density at radius 1 is 1.44 bits per heavy atom. The van der Waals surface area contributed by atoms with Crippen LogP contribution in [0.4, 0.5) is 5.13 Å². The van der Waals surface area contributed by atoms with Crippen LogP contribution in [0.5, 0.6) is 0 Å². The van der Waals surface area contributed by atoms with Crippen LogP contribution in [0.1, 0.15) is 30.3 Å². The first-order valence-electron chi connectivity index (χ1n) is 6.61. The van der Waals surface area contributed by atoms with E-state index in [-0.39, 0.29) is 0 Å². The fraction of sp³-hybridized carbons (Fsp3) is 0.769. The number of methoxy groups -OCH3 is 1. The van der Waals surface area contributed by atoms with Gasteiger partial charge in [0.25, 0.3) is 0 Å². The molecule has 1 aromatic rings. The highest BCUT2D eigenvalue weighted by molar-refractivity contribution is 7.15. The zero-order valence-corrected chi connectivity index (χ0v) is 12.3. The van der Waals surface area contributed by atoms with E-state index in [1.165, 1.54) is 22.9 Å². The second-order valence-electron chi connectivity index (χ2n) is 5.00. The highest BCUT2D eigenvalue weighted by Crippen LogP contribution is 2.30. The highest BCUT2D eigenvalue weighted by Gasteiger charge is 2.20. The van der Waals surface area contributed by atoms with Crippen molar-refractivity contribution in [2.75, 3.05) is 32.1 Å². The van der Waals surface area contributed by atoms with Crippen molar-refractivity contribution in [2.24, 2.45) is 5.92 Å². The average molecular weight is 269 g/mol. The van der Waals surface area contributed by atoms with Crippen LogP contribution in [0, 0.1) is 5.92 Å². The maximum atomic E-state index is 5.23. The Morgan fingerprint density at radius 2 is 2.17 bits per heavy atom. The summed E-state index contributed by atoms with van der Waals surface area (Å²) in [6, 6.07) is 0. The summed E-state index contributed by atoms with van der Waals surface area (Å²) in [5.41, 5.74) is 1.09. The van der Waals surface area contributed by atoms with Crippen LogP contribution < -0.4 is 10.2 Å². The number of anilines is 1. The third-order valence-electron chi connectivity index (χ3n) is 3.44. The SMILES string of the molecule is CNCc1sc(N2CCC(C)CC2)nc1COC. The molecule has 0 radical (unpaired) electrons. The highest BCUT2D eigenvalue weighted by atomic mass is 32.1. The number of nitrogens with zero attached hydrogens (tertiary/aromatic N) is 2. The summed E-state index contributed by atoms with van der Waals surface area (Å²) in [6.45, 7) is 6.10. The zero-order valence-electron chi connectivity index (χ0n) is 11.5. The average Bonchev–Trinajstić information content (AvgIpc) is 2.75. The van der Waals surface area contributed by atoms with E-state index in [4.69, 9.17) is 9.72 Å². The van der Waals surface area contributed by atoms with Gasteiger partial charge in [-0.05, 0) is 25.8 Å². The minimum atomic E-state index is 0.609. The third kappa shape index (κ3) is 3.22. The summed E-state index contributed by atoms with van der Waals surface area (Å²) in [4.78, 5) is 8.47. The van der Waals surface area contributed by atoms with Gasteiger partial charge in [-0.2, -0.15) is 0 Å². The molecule has 0 atom stereocenters. The second kappa shape index (κ2) is 6.50. The van der Waals surface area contributed by atoms with Crippen LogP contribution >= 0.6 is 11.3 Å². The zero-order chi connectivity index (χ0) is 13.0. The summed E-state index contributed by atoms with van der Waals surface area (Å²) in [5.74, 6) is 0.858. The Kier molecular flexibility index (Phi) is 4.97. The summed E-state index contributed by atoms with van der Waals surface area (Å²) in [7, 11) is 3.70. The Morgan fingerprint density at radius 3 is 2.78 bits per heavy atom. The van der Waals surface area contributed by atoms with Crippen LogP contribution in [0.2, 0.25) is 0 Å². The fourth-order valence-electron chi connectivity index (χ4n) is 2.25. The monoisotopic (exact) mass is 269 g/mol. The van der Waals surface area contributed by atoms with E-state index >= 15 is 0 Å². The van der Waals surface area contributed by atoms with Crippen molar-refractivity contribution in [3.63, 3.8) is 0 Å². The first kappa shape index (κ1) is 13.8. The predicted octanol–water partition coefficient (Wildman–Crippen LogP) is 2.25. The Labute approximate surface area is 113 Å². The third-order valence-corrected chi connectivity index (χ3v) is 4.60. The number of rotatable bonds is 5. The molecule has 1 aliphatic heterocycles. The van der Waals surface area contributed by atoms with Crippen LogP contribution in [0.25, 0.3) is 0 Å². The predicted molar refractivity (Wildman–Crippen MR) is 76.2 cm³/mol. The maximum absolute atomic E-state index is 5.23. The van der Waals surface area contributed by atoms with Crippen molar-refractivity contribution in [1.29, 1.82) is 0 Å². The number of hydrogen-bond donors (Lipinski definition) is 1. The van der Waals surface area contributed by atoms with Gasteiger partial charge in [0.2, 0.25) is 0 Å². The molecule has 1 saturated heterocycles. The summed E-state index contributed by atoms with van der Waals surface area (Å²) in [6.07, 6.45) is 2.56. The molecule has 1 fully saturated rings. The molecule has 5 heteroatoms. The normalized spacial score (nSPS) is 17.4. The van der Waals surface area contributed by atoms with Crippen molar-refractivity contribution in [3.8, 4) is 0 Å². The minimum Gasteiger partial charge on any atom is -0.378 e. The van der Waals surface area contributed by atoms with Gasteiger partial charge in [0, 0.05) is 31.6 Å². The van der Waals surface area contributed by atoms with Gasteiger partial charge in [-0.25, -0.2) is 4.98 Å². The molecule has 2 heterocycles. The lowest BCUT2D eigenvalue weighted by atomic mass is 10.00. The Bertz CT molecular complexity index is 349. The van der Waals surface area contributed by atoms with Crippen molar-refractivity contribution < 1.29 is 4.74 Å². The van der Waals surface area contributed by atoms with Crippen LogP contribution in [-0.4, -0.2) is 32.2 Å². The van der Waals surface area contributed by atoms with E-state index in [1.54, 1.807) is 18.4 Å². The fourth-order valence-corrected chi connectivity index (χ4v) is 3.38. The molecule has 0 saturated carbocycles. The molecule has 0 unspecified atom stereocenters. The van der Waals surface area contributed by atoms with Crippen molar-refractivity contribution in [3.05, 3.63) is 10.6 Å². The summed E-state index contributed by atoms with van der Waals surface area (Å²) in [5, 5.41) is 4.37. The van der Waals surface area contributed by atoms with Gasteiger partial charge >= 0.3 is 0 Å². The molecule has 0 aromatic carbocycles. The number of aromatic nitrogens is 1. The van der Waals surface area contributed by atoms with E-state index in [0.717, 1.165) is 31.2 Å². The van der Waals surface area contributed by atoms with Crippen molar-refractivity contribution >= 4 is 16.5 Å². The molecule has 0 amide bonds. The van der Waals surface area contributed by atoms with Gasteiger partial charge in [-0.15, -0.1) is 11.3 Å². The smallest absolute Gasteiger partial charge is 0.185 e. The van der Waals surface area contributed by atoms with Gasteiger partial charge in [0.1, 0.15) is 0 Å². The lowest BCUT2D eigenvalue weighted by Gasteiger charge is -2.29.